The van der Waals surface area contributed by atoms with E-state index in [0.717, 1.165) is 65.3 Å². The average molecular weight is 1750 g/mol. The Kier molecular flexibility index (Phi) is 37.7. The lowest BCUT2D eigenvalue weighted by Crippen LogP contribution is -2.55. The highest BCUT2D eigenvalue weighted by Gasteiger charge is 2.71. The van der Waals surface area contributed by atoms with Gasteiger partial charge in [0, 0.05) is 56.5 Å². The summed E-state index contributed by atoms with van der Waals surface area (Å²) < 4.78 is 35.1. The molecule has 12 heteroatoms. The Balaban J connectivity index is 0.000000469. The van der Waals surface area contributed by atoms with Crippen molar-refractivity contribution in [1.29, 1.82) is 0 Å². The molecule has 0 bridgehead atoms. The van der Waals surface area contributed by atoms with Gasteiger partial charge in [-0.2, -0.15) is 35.3 Å². The van der Waals surface area contributed by atoms with E-state index in [1.165, 1.54) is 85.9 Å². The topological polar surface area (TPSA) is 98.8 Å². The highest BCUT2D eigenvalue weighted by molar-refractivity contribution is 7.99. The number of rotatable bonds is 0. The Morgan fingerprint density at radius 2 is 0.658 bits per heavy atom. The zero-order valence-corrected chi connectivity index (χ0v) is 92.0. The minimum Gasteiger partial charge on any atom is -0.381 e. The molecule has 9 rings (SSSR count). The molecular weight excluding hydrogens is 1550 g/mol. The molecule has 1 spiro atoms. The van der Waals surface area contributed by atoms with Gasteiger partial charge in [-0.3, -0.25) is 4.79 Å². The van der Waals surface area contributed by atoms with Gasteiger partial charge in [0.05, 0.1) is 31.2 Å². The van der Waals surface area contributed by atoms with E-state index in [9.17, 15) is 18.0 Å². The maximum Gasteiger partial charge on any atom is 0.386 e. The second kappa shape index (κ2) is 39.4. The fraction of sp³-hybridized carbons (Fsp3) is 0.926. The maximum absolute atomic E-state index is 12.4. The fourth-order valence-corrected chi connectivity index (χ4v) is 33.9. The van der Waals surface area contributed by atoms with Crippen molar-refractivity contribution in [3.63, 3.8) is 0 Å². The van der Waals surface area contributed by atoms with E-state index in [1.54, 1.807) is 0 Å². The number of carbonyl (C=O) groups excluding carboxylic acids is 2. The maximum atomic E-state index is 12.4. The number of nitrogens with one attached hydrogen (secondary N) is 1. The summed E-state index contributed by atoms with van der Waals surface area (Å²) in [6.07, 6.45) is 19.3. The van der Waals surface area contributed by atoms with E-state index < -0.39 is 9.84 Å². The molecule has 0 aromatic heterocycles. The Labute approximate surface area is 762 Å². The zero-order chi connectivity index (χ0) is 94.6. The SMILES string of the molecule is C#CC#CC#CC1C(=O)[N+]12CCC(C(C)(C)C)(C(C)(C)C)CC2.CC(C)(C)C1(C(C)(C)C)CCCSC1.CC(C)(C)C1(C(C)(C)C)CCOC1.CC(C)(C)C1(C(C)(C)C)CCOCC1.CC(C)(C)C1(C(C)(C)C)CCS(=O)(=O)C1.CC(C)(C)C1(C(C)(C)C)CCSC1.CC(C)(C)C1(C(C)(C)C)CCSCC1.CC(C)(C)C1(C(C)(C)C)CNC(=O)C1. The normalized spacial score (nSPS) is 23.9. The quantitative estimate of drug-likeness (QED) is 0.144. The van der Waals surface area contributed by atoms with Gasteiger partial charge in [-0.05, 0) is 241 Å². The molecule has 0 saturated carbocycles. The molecule has 0 aromatic rings. The Bertz CT molecular complexity index is 3260. The first kappa shape index (κ1) is 115. The molecule has 0 aliphatic carbocycles. The summed E-state index contributed by atoms with van der Waals surface area (Å²) >= 11 is 6.42. The van der Waals surface area contributed by atoms with Crippen LogP contribution in [0.4, 0.5) is 0 Å². The van der Waals surface area contributed by atoms with Crippen LogP contribution < -0.4 is 5.32 Å². The summed E-state index contributed by atoms with van der Waals surface area (Å²) in [5.41, 5.74) is 7.44. The molecule has 9 fully saturated rings. The monoisotopic (exact) mass is 1750 g/mol. The number of amides is 2. The van der Waals surface area contributed by atoms with Crippen LogP contribution in [-0.4, -0.2) is 123 Å². The third-order valence-corrected chi connectivity index (χ3v) is 39.9. The number of hydrogen-bond acceptors (Lipinski definition) is 9. The number of quaternary nitrogens is 1. The van der Waals surface area contributed by atoms with Gasteiger partial charge in [0.2, 0.25) is 5.91 Å². The number of terminal acetylenes is 1. The summed E-state index contributed by atoms with van der Waals surface area (Å²) in [5.74, 6) is 22.4. The summed E-state index contributed by atoms with van der Waals surface area (Å²) in [6, 6.07) is -0.181. The molecule has 702 valence electrons. The summed E-state index contributed by atoms with van der Waals surface area (Å²) in [6.45, 7) is 119. The van der Waals surface area contributed by atoms with Crippen molar-refractivity contribution in [3.05, 3.63) is 0 Å². The number of piperidine rings is 1. The van der Waals surface area contributed by atoms with Crippen LogP contribution in [0, 0.1) is 166 Å². The summed E-state index contributed by atoms with van der Waals surface area (Å²) in [5, 5.41) is 2.98. The molecule has 9 aliphatic rings. The minimum atomic E-state index is -2.82. The van der Waals surface area contributed by atoms with Crippen LogP contribution in [0.3, 0.4) is 0 Å². The van der Waals surface area contributed by atoms with E-state index in [0.29, 0.717) is 104 Å². The highest BCUT2D eigenvalue weighted by Crippen LogP contribution is 2.66. The highest BCUT2D eigenvalue weighted by atomic mass is 32.2. The van der Waals surface area contributed by atoms with E-state index in [-0.39, 0.29) is 66.6 Å². The molecule has 9 aliphatic heterocycles. The minimum absolute atomic E-state index is 0.0365. The lowest BCUT2D eigenvalue weighted by atomic mass is 9.50. The van der Waals surface area contributed by atoms with Gasteiger partial charge in [-0.15, -0.1) is 6.42 Å². The van der Waals surface area contributed by atoms with Gasteiger partial charge in [0.25, 0.3) is 6.04 Å². The van der Waals surface area contributed by atoms with Crippen LogP contribution in [0.1, 0.15) is 409 Å². The second-order valence-corrected chi connectivity index (χ2v) is 60.9. The molecule has 1 atom stereocenters. The van der Waals surface area contributed by atoms with E-state index in [2.05, 4.69) is 403 Å². The van der Waals surface area contributed by atoms with Crippen LogP contribution in [0.2, 0.25) is 0 Å². The molecule has 0 radical (unpaired) electrons. The second-order valence-electron chi connectivity index (χ2n) is 55.3. The van der Waals surface area contributed by atoms with Gasteiger partial charge in [0.1, 0.15) is 0 Å². The Morgan fingerprint density at radius 3 is 0.883 bits per heavy atom. The summed E-state index contributed by atoms with van der Waals surface area (Å²) in [7, 11) is -2.82. The van der Waals surface area contributed by atoms with Crippen LogP contribution in [0.5, 0.6) is 0 Å². The molecule has 2 amide bonds. The number of carbonyl (C=O) groups is 2. The number of hydrogen-bond donors (Lipinski definition) is 1. The van der Waals surface area contributed by atoms with Crippen molar-refractivity contribution in [1.82, 2.24) is 5.32 Å². The van der Waals surface area contributed by atoms with Crippen LogP contribution >= 0.6 is 35.3 Å². The van der Waals surface area contributed by atoms with Crippen LogP contribution in [-0.2, 0) is 28.9 Å². The van der Waals surface area contributed by atoms with Crippen molar-refractivity contribution >= 4 is 56.9 Å². The smallest absolute Gasteiger partial charge is 0.381 e. The average Bonchev–Trinajstić information content (AvgIpc) is 1.53. The van der Waals surface area contributed by atoms with Crippen molar-refractivity contribution in [2.24, 2.45) is 130 Å². The van der Waals surface area contributed by atoms with Crippen molar-refractivity contribution in [3.8, 4) is 36.0 Å². The van der Waals surface area contributed by atoms with Gasteiger partial charge >= 0.3 is 5.91 Å². The molecule has 9 heterocycles. The van der Waals surface area contributed by atoms with Gasteiger partial charge in [-0.1, -0.05) is 332 Å². The number of thioether (sulfide) groups is 3. The third-order valence-electron chi connectivity index (χ3n) is 34.7. The van der Waals surface area contributed by atoms with Crippen molar-refractivity contribution < 1.29 is 32.0 Å². The van der Waals surface area contributed by atoms with Crippen molar-refractivity contribution in [2.75, 3.05) is 92.1 Å². The number of ether oxygens (including phenoxy) is 2. The van der Waals surface area contributed by atoms with Gasteiger partial charge < -0.3 is 14.8 Å². The molecule has 0 aromatic carbocycles. The predicted octanol–water partition coefficient (Wildman–Crippen LogP) is 29.4. The first-order chi connectivity index (χ1) is 53.1. The van der Waals surface area contributed by atoms with E-state index in [1.807, 2.05) is 0 Å². The Morgan fingerprint density at radius 1 is 0.350 bits per heavy atom. The molecule has 1 N–H and O–H groups in total. The largest absolute Gasteiger partial charge is 0.386 e. The lowest BCUT2D eigenvalue weighted by Gasteiger charge is -2.56. The van der Waals surface area contributed by atoms with Gasteiger partial charge in [-0.25, -0.2) is 17.7 Å². The first-order valence-corrected chi connectivity index (χ1v) is 52.6. The molecule has 8 nitrogen and oxygen atoms in total. The number of nitrogens with zero attached hydrogens (tertiary/aromatic N) is 1. The first-order valence-electron chi connectivity index (χ1n) is 47.3. The molecule has 120 heavy (non-hydrogen) atoms. The standard InChI is InChI=1S/C21H28NO.C13H26O.2C13H26S.C12H23NO.C12H24O2S.C12H24O.C12H24S/c1-8-9-10-11-12-17-18(23)22(17)15-13-21(14-16-22,19(2,3)4)20(5,6)7;2*1-11(2,3)13(12(4,5)6)7-9-14-10-8-13;1-11(2,3)13(12(4,5)6)8-7-9-14-10-13;1-10(2,3)12(11(4,5)6)7-9(14)13-8-12;1-10(2,3)12(11(4,5)6)7-8-15(13,14)9-12;2*1-10(2,3)12(11(4,5)6)7-8-13-9-12/h1,17H,13-16H2,2-7H3;3*7-10H2,1-6H3;7-8H2,1-6H3,(H,13,14);7-9H2,1-6H3;2*7-9H2,1-6H3/q+1;;;;;;;. The molecular formula is C108H201N2O6S4+. The third kappa shape index (κ3) is 25.3. The lowest BCUT2D eigenvalue weighted by molar-refractivity contribution is -0.782. The Hall–Kier alpha value is -1.30. The van der Waals surface area contributed by atoms with Crippen LogP contribution in [0.15, 0.2) is 0 Å². The molecule has 9 saturated heterocycles. The fourth-order valence-electron chi connectivity index (χ4n) is 26.3. The van der Waals surface area contributed by atoms with E-state index in [4.69, 9.17) is 15.9 Å². The van der Waals surface area contributed by atoms with Gasteiger partial charge in [0.15, 0.2) is 9.84 Å². The molecule has 1 unspecified atom stereocenters. The summed E-state index contributed by atoms with van der Waals surface area (Å²) in [4.78, 5) is 23.8. The zero-order valence-electron chi connectivity index (χ0n) is 88.8. The van der Waals surface area contributed by atoms with Crippen LogP contribution in [0.25, 0.3) is 0 Å². The van der Waals surface area contributed by atoms with E-state index >= 15 is 0 Å². The van der Waals surface area contributed by atoms with Crippen molar-refractivity contribution in [2.45, 2.75) is 415 Å². The number of sulfone groups is 1. The predicted molar refractivity (Wildman–Crippen MR) is 535 cm³/mol.